The number of ketones is 1. The number of ether oxygens (including phenoxy) is 1. The van der Waals surface area contributed by atoms with Crippen LogP contribution in [0.4, 0.5) is 4.79 Å². The standard InChI is InChI=1S/C13H22N2O3/c1-12(2,3)18-11(17)15-7-4-10(16)13(9-15)5-6-14-8-13/h14H,4-9H2,1-3H3. The fraction of sp³-hybridized carbons (Fsp3) is 0.846. The molecule has 2 saturated heterocycles. The summed E-state index contributed by atoms with van der Waals surface area (Å²) in [7, 11) is 0. The molecule has 1 atom stereocenters. The maximum absolute atomic E-state index is 12.1. The molecule has 102 valence electrons. The molecule has 0 aromatic heterocycles. The number of amides is 1. The van der Waals surface area contributed by atoms with E-state index in [9.17, 15) is 9.59 Å². The molecule has 0 aromatic carbocycles. The van der Waals surface area contributed by atoms with Crippen LogP contribution in [-0.2, 0) is 9.53 Å². The lowest BCUT2D eigenvalue weighted by molar-refractivity contribution is -0.132. The molecule has 2 aliphatic rings. The van der Waals surface area contributed by atoms with Gasteiger partial charge in [0.1, 0.15) is 11.4 Å². The molecule has 1 amide bonds. The zero-order valence-electron chi connectivity index (χ0n) is 11.4. The van der Waals surface area contributed by atoms with Crippen molar-refractivity contribution in [1.29, 1.82) is 0 Å². The normalized spacial score (nSPS) is 28.8. The highest BCUT2D eigenvalue weighted by atomic mass is 16.6. The number of Topliss-reactive ketones (excluding diaryl/α,β-unsaturated/α-hetero) is 1. The Bertz CT molecular complexity index is 354. The SMILES string of the molecule is CC(C)(C)OC(=O)N1CCC(=O)C2(CCNC2)C1. The van der Waals surface area contributed by atoms with Crippen LogP contribution in [0.2, 0.25) is 0 Å². The maximum atomic E-state index is 12.1. The molecule has 5 heteroatoms. The third kappa shape index (κ3) is 2.66. The summed E-state index contributed by atoms with van der Waals surface area (Å²) >= 11 is 0. The number of carbonyl (C=O) groups excluding carboxylic acids is 2. The van der Waals surface area contributed by atoms with E-state index in [-0.39, 0.29) is 17.3 Å². The van der Waals surface area contributed by atoms with Crippen molar-refractivity contribution in [2.24, 2.45) is 5.41 Å². The molecule has 2 aliphatic heterocycles. The van der Waals surface area contributed by atoms with Crippen molar-refractivity contribution in [2.45, 2.75) is 39.2 Å². The van der Waals surface area contributed by atoms with Crippen LogP contribution in [0.15, 0.2) is 0 Å². The molecule has 1 unspecified atom stereocenters. The zero-order valence-corrected chi connectivity index (χ0v) is 11.4. The predicted octanol–water partition coefficient (Wildman–Crippen LogP) is 1.18. The van der Waals surface area contributed by atoms with Gasteiger partial charge in [-0.25, -0.2) is 4.79 Å². The highest BCUT2D eigenvalue weighted by Gasteiger charge is 2.46. The lowest BCUT2D eigenvalue weighted by Gasteiger charge is -2.39. The average Bonchev–Trinajstić information content (AvgIpc) is 2.69. The molecule has 2 fully saturated rings. The van der Waals surface area contributed by atoms with Crippen LogP contribution < -0.4 is 5.32 Å². The molecule has 5 nitrogen and oxygen atoms in total. The van der Waals surface area contributed by atoms with Gasteiger partial charge < -0.3 is 15.0 Å². The summed E-state index contributed by atoms with van der Waals surface area (Å²) in [6.45, 7) is 8.08. The molecule has 1 spiro atoms. The first-order chi connectivity index (χ1) is 8.32. The summed E-state index contributed by atoms with van der Waals surface area (Å²) in [4.78, 5) is 25.8. The van der Waals surface area contributed by atoms with E-state index in [0.29, 0.717) is 26.1 Å². The molecule has 1 N–H and O–H groups in total. The zero-order chi connectivity index (χ0) is 13.4. The van der Waals surface area contributed by atoms with E-state index in [1.54, 1.807) is 4.90 Å². The maximum Gasteiger partial charge on any atom is 0.410 e. The van der Waals surface area contributed by atoms with E-state index in [2.05, 4.69) is 5.32 Å². The second kappa shape index (κ2) is 4.53. The quantitative estimate of drug-likeness (QED) is 0.705. The molecule has 2 rings (SSSR count). The summed E-state index contributed by atoms with van der Waals surface area (Å²) in [6.07, 6.45) is 0.966. The van der Waals surface area contributed by atoms with Crippen molar-refractivity contribution in [3.8, 4) is 0 Å². The summed E-state index contributed by atoms with van der Waals surface area (Å²) < 4.78 is 5.37. The van der Waals surface area contributed by atoms with Gasteiger partial charge in [-0.2, -0.15) is 0 Å². The fourth-order valence-electron chi connectivity index (χ4n) is 2.63. The number of nitrogens with zero attached hydrogens (tertiary/aromatic N) is 1. The minimum atomic E-state index is -0.486. The summed E-state index contributed by atoms with van der Waals surface area (Å²) in [6, 6.07) is 0. The second-order valence-electron chi connectivity index (χ2n) is 6.28. The van der Waals surface area contributed by atoms with Crippen LogP contribution in [0.5, 0.6) is 0 Å². The number of piperidine rings is 1. The van der Waals surface area contributed by atoms with Crippen LogP contribution in [0.25, 0.3) is 0 Å². The van der Waals surface area contributed by atoms with Gasteiger partial charge in [-0.15, -0.1) is 0 Å². The molecule has 2 heterocycles. The molecule has 0 bridgehead atoms. The van der Waals surface area contributed by atoms with Crippen LogP contribution in [-0.4, -0.2) is 48.6 Å². The van der Waals surface area contributed by atoms with Crippen LogP contribution in [0.3, 0.4) is 0 Å². The number of rotatable bonds is 0. The van der Waals surface area contributed by atoms with Gasteiger partial charge in [-0.1, -0.05) is 0 Å². The largest absolute Gasteiger partial charge is 0.444 e. The number of likely N-dealkylation sites (tertiary alicyclic amines) is 1. The summed E-state index contributed by atoms with van der Waals surface area (Å²) in [5, 5.41) is 3.22. The van der Waals surface area contributed by atoms with E-state index < -0.39 is 5.60 Å². The van der Waals surface area contributed by atoms with Crippen molar-refractivity contribution >= 4 is 11.9 Å². The minimum absolute atomic E-state index is 0.285. The Morgan fingerprint density at radius 1 is 1.44 bits per heavy atom. The van der Waals surface area contributed by atoms with Gasteiger partial charge in [0.15, 0.2) is 0 Å². The van der Waals surface area contributed by atoms with E-state index in [1.165, 1.54) is 0 Å². The Morgan fingerprint density at radius 3 is 2.72 bits per heavy atom. The minimum Gasteiger partial charge on any atom is -0.444 e. The number of hydrogen-bond acceptors (Lipinski definition) is 4. The van der Waals surface area contributed by atoms with Crippen LogP contribution in [0.1, 0.15) is 33.6 Å². The van der Waals surface area contributed by atoms with Crippen LogP contribution >= 0.6 is 0 Å². The number of carbonyl (C=O) groups is 2. The van der Waals surface area contributed by atoms with Crippen molar-refractivity contribution in [2.75, 3.05) is 26.2 Å². The van der Waals surface area contributed by atoms with Crippen molar-refractivity contribution in [3.05, 3.63) is 0 Å². The van der Waals surface area contributed by atoms with Gasteiger partial charge in [0.05, 0.1) is 5.41 Å². The smallest absolute Gasteiger partial charge is 0.410 e. The first kappa shape index (κ1) is 13.3. The molecule has 0 aliphatic carbocycles. The lowest BCUT2D eigenvalue weighted by atomic mass is 9.78. The van der Waals surface area contributed by atoms with Gasteiger partial charge in [-0.05, 0) is 33.7 Å². The summed E-state index contributed by atoms with van der Waals surface area (Å²) in [5.74, 6) is 0.285. The Kier molecular flexibility index (Phi) is 3.36. The topological polar surface area (TPSA) is 58.6 Å². The van der Waals surface area contributed by atoms with Gasteiger partial charge >= 0.3 is 6.09 Å². The van der Waals surface area contributed by atoms with E-state index in [1.807, 2.05) is 20.8 Å². The lowest BCUT2D eigenvalue weighted by Crippen LogP contribution is -2.53. The first-order valence-corrected chi connectivity index (χ1v) is 6.54. The van der Waals surface area contributed by atoms with E-state index in [4.69, 9.17) is 4.74 Å². The highest BCUT2D eigenvalue weighted by Crippen LogP contribution is 2.33. The number of hydrogen-bond donors (Lipinski definition) is 1. The van der Waals surface area contributed by atoms with Gasteiger partial charge in [0.2, 0.25) is 0 Å². The summed E-state index contributed by atoms with van der Waals surface area (Å²) in [5.41, 5.74) is -0.852. The Hall–Kier alpha value is -1.10. The van der Waals surface area contributed by atoms with Crippen LogP contribution in [0, 0.1) is 5.41 Å². The predicted molar refractivity (Wildman–Crippen MR) is 67.4 cm³/mol. The number of nitrogens with one attached hydrogen (secondary N) is 1. The Morgan fingerprint density at radius 2 is 2.17 bits per heavy atom. The molecule has 18 heavy (non-hydrogen) atoms. The van der Waals surface area contributed by atoms with Crippen molar-refractivity contribution in [3.63, 3.8) is 0 Å². The first-order valence-electron chi connectivity index (χ1n) is 6.54. The third-order valence-corrected chi connectivity index (χ3v) is 3.59. The van der Waals surface area contributed by atoms with Gasteiger partial charge in [0, 0.05) is 26.1 Å². The molecular formula is C13H22N2O3. The molecule has 0 saturated carbocycles. The highest BCUT2D eigenvalue weighted by molar-refractivity contribution is 5.88. The Labute approximate surface area is 108 Å². The van der Waals surface area contributed by atoms with Gasteiger partial charge in [0.25, 0.3) is 0 Å². The van der Waals surface area contributed by atoms with E-state index >= 15 is 0 Å². The Balaban J connectivity index is 2.03. The van der Waals surface area contributed by atoms with E-state index in [0.717, 1.165) is 13.0 Å². The van der Waals surface area contributed by atoms with Crippen molar-refractivity contribution in [1.82, 2.24) is 10.2 Å². The monoisotopic (exact) mass is 254 g/mol. The fourth-order valence-corrected chi connectivity index (χ4v) is 2.63. The average molecular weight is 254 g/mol. The molecule has 0 radical (unpaired) electrons. The molecule has 0 aromatic rings. The van der Waals surface area contributed by atoms with Gasteiger partial charge in [-0.3, -0.25) is 4.79 Å². The third-order valence-electron chi connectivity index (χ3n) is 3.59. The second-order valence-corrected chi connectivity index (χ2v) is 6.28. The van der Waals surface area contributed by atoms with Crippen molar-refractivity contribution < 1.29 is 14.3 Å². The molecular weight excluding hydrogens is 232 g/mol.